The maximum Gasteiger partial charge on any atom is 0.278 e. The topological polar surface area (TPSA) is 92.2 Å². The number of hydrogen-bond donors (Lipinski definition) is 2. The van der Waals surface area contributed by atoms with Crippen molar-refractivity contribution in [3.05, 3.63) is 70.1 Å². The maximum absolute atomic E-state index is 12.7. The molecular weight excluding hydrogens is 318 g/mol. The Morgan fingerprint density at radius 2 is 1.92 bits per heavy atom. The van der Waals surface area contributed by atoms with Crippen molar-refractivity contribution in [1.82, 2.24) is 19.8 Å². The molecule has 2 N–H and O–H groups in total. The van der Waals surface area contributed by atoms with Gasteiger partial charge in [0.1, 0.15) is 0 Å². The molecule has 0 atom stereocenters. The summed E-state index contributed by atoms with van der Waals surface area (Å²) in [6.07, 6.45) is 0.782. The Labute approximate surface area is 142 Å². The highest BCUT2D eigenvalue weighted by atomic mass is 16.2. The molecule has 0 aliphatic rings. The first kappa shape index (κ1) is 15.1. The quantitative estimate of drug-likeness (QED) is 0.602. The molecule has 2 heterocycles. The average Bonchev–Trinajstić information content (AvgIpc) is 3.08. The second-order valence-electron chi connectivity index (χ2n) is 5.63. The van der Waals surface area contributed by atoms with Gasteiger partial charge < -0.3 is 10.3 Å². The lowest BCUT2D eigenvalue weighted by Crippen LogP contribution is -2.18. The standard InChI is InChI=1S/C18H15N5O2/c1-2-11-7-3-4-8-12(11)19-17(24)15-16-18(25)20-13-9-5-6-10-14(13)23(16)22-21-15/h3-10H,2H2,1H3,(H,19,24)(H,20,25). The normalized spacial score (nSPS) is 11.1. The minimum Gasteiger partial charge on any atom is -0.320 e. The Balaban J connectivity index is 1.83. The maximum atomic E-state index is 12.7. The summed E-state index contributed by atoms with van der Waals surface area (Å²) in [5.74, 6) is -0.461. The second kappa shape index (κ2) is 5.86. The smallest absolute Gasteiger partial charge is 0.278 e. The van der Waals surface area contributed by atoms with Crippen LogP contribution in [0.3, 0.4) is 0 Å². The molecule has 124 valence electrons. The number of aryl methyl sites for hydroxylation is 1. The van der Waals surface area contributed by atoms with Crippen molar-refractivity contribution < 1.29 is 4.79 Å². The number of carbonyl (C=O) groups is 1. The van der Waals surface area contributed by atoms with Gasteiger partial charge in [-0.15, -0.1) is 5.10 Å². The van der Waals surface area contributed by atoms with Crippen molar-refractivity contribution in [2.75, 3.05) is 5.32 Å². The second-order valence-corrected chi connectivity index (χ2v) is 5.63. The van der Waals surface area contributed by atoms with E-state index in [-0.39, 0.29) is 11.2 Å². The molecule has 0 radical (unpaired) electrons. The lowest BCUT2D eigenvalue weighted by Gasteiger charge is -2.08. The third-order valence-electron chi connectivity index (χ3n) is 4.13. The number of rotatable bonds is 3. The van der Waals surface area contributed by atoms with Gasteiger partial charge in [0.2, 0.25) is 0 Å². The van der Waals surface area contributed by atoms with Crippen molar-refractivity contribution in [3.8, 4) is 0 Å². The van der Waals surface area contributed by atoms with Gasteiger partial charge in [0.05, 0.1) is 11.0 Å². The van der Waals surface area contributed by atoms with Crippen LogP contribution in [0.25, 0.3) is 16.6 Å². The molecule has 7 nitrogen and oxygen atoms in total. The average molecular weight is 333 g/mol. The van der Waals surface area contributed by atoms with Crippen LogP contribution in [0.2, 0.25) is 0 Å². The Kier molecular flexibility index (Phi) is 3.53. The van der Waals surface area contributed by atoms with E-state index in [0.717, 1.165) is 12.0 Å². The van der Waals surface area contributed by atoms with E-state index in [0.29, 0.717) is 16.7 Å². The molecule has 0 aliphatic heterocycles. The van der Waals surface area contributed by atoms with Gasteiger partial charge in [0.25, 0.3) is 11.5 Å². The lowest BCUT2D eigenvalue weighted by molar-refractivity contribution is 0.102. The van der Waals surface area contributed by atoms with E-state index in [1.807, 2.05) is 43.3 Å². The fourth-order valence-corrected chi connectivity index (χ4v) is 2.88. The molecule has 4 rings (SSSR count). The van der Waals surface area contributed by atoms with E-state index in [2.05, 4.69) is 20.6 Å². The molecule has 0 fully saturated rings. The van der Waals surface area contributed by atoms with Gasteiger partial charge in [-0.2, -0.15) is 0 Å². The van der Waals surface area contributed by atoms with Crippen molar-refractivity contribution in [1.29, 1.82) is 0 Å². The number of nitrogens with zero attached hydrogens (tertiary/aromatic N) is 3. The van der Waals surface area contributed by atoms with Crippen LogP contribution in [0, 0.1) is 0 Å². The fourth-order valence-electron chi connectivity index (χ4n) is 2.88. The SMILES string of the molecule is CCc1ccccc1NC(=O)c1nnn2c1c(=O)[nH]c1ccccc12. The van der Waals surface area contributed by atoms with Crippen molar-refractivity contribution >= 4 is 28.1 Å². The van der Waals surface area contributed by atoms with Gasteiger partial charge in [0.15, 0.2) is 11.2 Å². The van der Waals surface area contributed by atoms with E-state index >= 15 is 0 Å². The molecule has 2 aromatic heterocycles. The predicted molar refractivity (Wildman–Crippen MR) is 94.9 cm³/mol. The van der Waals surface area contributed by atoms with Crippen LogP contribution in [0.4, 0.5) is 5.69 Å². The van der Waals surface area contributed by atoms with Gasteiger partial charge >= 0.3 is 0 Å². The number of H-pyrrole nitrogens is 1. The molecule has 0 bridgehead atoms. The van der Waals surface area contributed by atoms with Gasteiger partial charge in [-0.3, -0.25) is 9.59 Å². The number of carbonyl (C=O) groups excluding carboxylic acids is 1. The highest BCUT2D eigenvalue weighted by molar-refractivity contribution is 6.07. The van der Waals surface area contributed by atoms with Crippen LogP contribution in [-0.2, 0) is 6.42 Å². The summed E-state index contributed by atoms with van der Waals surface area (Å²) in [5.41, 5.74) is 2.74. The summed E-state index contributed by atoms with van der Waals surface area (Å²) in [4.78, 5) is 27.8. The first-order valence-electron chi connectivity index (χ1n) is 7.94. The zero-order chi connectivity index (χ0) is 17.4. The first-order valence-corrected chi connectivity index (χ1v) is 7.94. The highest BCUT2D eigenvalue weighted by Crippen LogP contribution is 2.18. The van der Waals surface area contributed by atoms with Crippen LogP contribution < -0.4 is 10.9 Å². The number of anilines is 1. The monoisotopic (exact) mass is 333 g/mol. The number of hydrogen-bond acceptors (Lipinski definition) is 4. The number of aromatic nitrogens is 4. The Bertz CT molecular complexity index is 1160. The van der Waals surface area contributed by atoms with Crippen molar-refractivity contribution in [3.63, 3.8) is 0 Å². The van der Waals surface area contributed by atoms with Gasteiger partial charge in [-0.25, -0.2) is 4.52 Å². The molecule has 0 saturated heterocycles. The minimum atomic E-state index is -0.461. The number of para-hydroxylation sites is 3. The number of nitrogens with one attached hydrogen (secondary N) is 2. The highest BCUT2D eigenvalue weighted by Gasteiger charge is 2.20. The zero-order valence-electron chi connectivity index (χ0n) is 13.5. The Morgan fingerprint density at radius 3 is 2.76 bits per heavy atom. The summed E-state index contributed by atoms with van der Waals surface area (Å²) >= 11 is 0. The molecule has 25 heavy (non-hydrogen) atoms. The Morgan fingerprint density at radius 1 is 1.16 bits per heavy atom. The first-order chi connectivity index (χ1) is 12.2. The largest absolute Gasteiger partial charge is 0.320 e. The van der Waals surface area contributed by atoms with E-state index in [4.69, 9.17) is 0 Å². The fraction of sp³-hybridized carbons (Fsp3) is 0.111. The molecule has 0 saturated carbocycles. The molecule has 2 aromatic carbocycles. The van der Waals surface area contributed by atoms with Crippen LogP contribution >= 0.6 is 0 Å². The van der Waals surface area contributed by atoms with Gasteiger partial charge in [0, 0.05) is 5.69 Å². The van der Waals surface area contributed by atoms with Crippen LogP contribution in [0.1, 0.15) is 23.0 Å². The van der Waals surface area contributed by atoms with Crippen LogP contribution in [-0.4, -0.2) is 25.7 Å². The van der Waals surface area contributed by atoms with E-state index in [9.17, 15) is 9.59 Å². The number of fused-ring (bicyclic) bond motifs is 3. The molecule has 4 aromatic rings. The summed E-state index contributed by atoms with van der Waals surface area (Å²) in [6.45, 7) is 2.01. The summed E-state index contributed by atoms with van der Waals surface area (Å²) in [6, 6.07) is 14.8. The number of benzene rings is 2. The lowest BCUT2D eigenvalue weighted by atomic mass is 10.1. The van der Waals surface area contributed by atoms with E-state index < -0.39 is 11.5 Å². The van der Waals surface area contributed by atoms with Crippen LogP contribution in [0.5, 0.6) is 0 Å². The summed E-state index contributed by atoms with van der Waals surface area (Å²) in [5, 5.41) is 10.8. The van der Waals surface area contributed by atoms with E-state index in [1.54, 1.807) is 12.1 Å². The molecule has 7 heteroatoms. The van der Waals surface area contributed by atoms with Crippen LogP contribution in [0.15, 0.2) is 53.3 Å². The third kappa shape index (κ3) is 2.46. The molecule has 0 unspecified atom stereocenters. The number of aromatic amines is 1. The number of amides is 1. The molecular formula is C18H15N5O2. The summed E-state index contributed by atoms with van der Waals surface area (Å²) < 4.78 is 1.40. The van der Waals surface area contributed by atoms with E-state index in [1.165, 1.54) is 4.52 Å². The summed E-state index contributed by atoms with van der Waals surface area (Å²) in [7, 11) is 0. The molecule has 0 spiro atoms. The van der Waals surface area contributed by atoms with Gasteiger partial charge in [-0.1, -0.05) is 42.5 Å². The van der Waals surface area contributed by atoms with Gasteiger partial charge in [-0.05, 0) is 30.2 Å². The molecule has 1 amide bonds. The molecule has 0 aliphatic carbocycles. The predicted octanol–water partition coefficient (Wildman–Crippen LogP) is 2.39. The third-order valence-corrected chi connectivity index (χ3v) is 4.13. The Hall–Kier alpha value is -3.48. The zero-order valence-corrected chi connectivity index (χ0v) is 13.5. The van der Waals surface area contributed by atoms with Crippen molar-refractivity contribution in [2.45, 2.75) is 13.3 Å². The van der Waals surface area contributed by atoms with Crippen molar-refractivity contribution in [2.24, 2.45) is 0 Å². The minimum absolute atomic E-state index is 0.00194.